The van der Waals surface area contributed by atoms with Crippen LogP contribution in [0.5, 0.6) is 0 Å². The van der Waals surface area contributed by atoms with Crippen LogP contribution in [0.2, 0.25) is 5.02 Å². The summed E-state index contributed by atoms with van der Waals surface area (Å²) >= 11 is 5.95. The molecule has 2 heterocycles. The molecule has 6 nitrogen and oxygen atoms in total. The Morgan fingerprint density at radius 3 is 2.31 bits per heavy atom. The number of hydrogen-bond acceptors (Lipinski definition) is 4. The van der Waals surface area contributed by atoms with Crippen LogP contribution in [0.25, 0.3) is 5.69 Å². The lowest BCUT2D eigenvalue weighted by Gasteiger charge is -2.18. The summed E-state index contributed by atoms with van der Waals surface area (Å²) in [7, 11) is 0. The third-order valence-corrected chi connectivity index (χ3v) is 4.74. The van der Waals surface area contributed by atoms with E-state index in [0.717, 1.165) is 16.8 Å². The van der Waals surface area contributed by atoms with Crippen molar-refractivity contribution in [3.8, 4) is 5.69 Å². The molecule has 4 aromatic rings. The molecule has 0 fully saturated rings. The van der Waals surface area contributed by atoms with Gasteiger partial charge in [-0.15, -0.1) is 5.10 Å². The molecule has 0 saturated carbocycles. The van der Waals surface area contributed by atoms with E-state index in [4.69, 9.17) is 11.6 Å². The zero-order chi connectivity index (χ0) is 20.2. The Balaban J connectivity index is 1.63. The summed E-state index contributed by atoms with van der Waals surface area (Å²) in [4.78, 5) is 21.4. The lowest BCUT2D eigenvalue weighted by atomic mass is 9.99. The van der Waals surface area contributed by atoms with E-state index in [0.29, 0.717) is 10.8 Å². The quantitative estimate of drug-likeness (QED) is 0.543. The monoisotopic (exact) mass is 403 g/mol. The Morgan fingerprint density at radius 2 is 1.62 bits per heavy atom. The second-order valence-corrected chi connectivity index (χ2v) is 6.90. The first-order valence-corrected chi connectivity index (χ1v) is 9.45. The minimum atomic E-state index is -0.355. The number of nitrogens with zero attached hydrogens (tertiary/aromatic N) is 4. The van der Waals surface area contributed by atoms with Gasteiger partial charge in [-0.2, -0.15) is 0 Å². The number of amides is 1. The Kier molecular flexibility index (Phi) is 5.35. The molecule has 1 atom stereocenters. The van der Waals surface area contributed by atoms with E-state index < -0.39 is 0 Å². The van der Waals surface area contributed by atoms with E-state index in [9.17, 15) is 4.79 Å². The highest BCUT2D eigenvalue weighted by Gasteiger charge is 2.21. The molecule has 1 amide bonds. The van der Waals surface area contributed by atoms with Crippen molar-refractivity contribution < 1.29 is 4.79 Å². The van der Waals surface area contributed by atoms with Crippen molar-refractivity contribution in [1.82, 2.24) is 25.1 Å². The van der Waals surface area contributed by atoms with E-state index in [-0.39, 0.29) is 17.8 Å². The van der Waals surface area contributed by atoms with Crippen molar-refractivity contribution in [3.63, 3.8) is 0 Å². The smallest absolute Gasteiger partial charge is 0.291 e. The zero-order valence-corrected chi connectivity index (χ0v) is 16.4. The van der Waals surface area contributed by atoms with Gasteiger partial charge < -0.3 is 5.32 Å². The molecule has 29 heavy (non-hydrogen) atoms. The standard InChI is InChI=1S/C22H18ClN5O/c1-15-25-21(27-28(15)19-9-7-18(23)8-10-19)22(29)26-20(16-5-3-2-4-6-16)17-11-13-24-14-12-17/h2-14,20H,1H3,(H,26,29). The summed E-state index contributed by atoms with van der Waals surface area (Å²) in [5, 5.41) is 8.06. The van der Waals surface area contributed by atoms with Crippen molar-refractivity contribution in [2.75, 3.05) is 0 Å². The van der Waals surface area contributed by atoms with Crippen molar-refractivity contribution in [2.45, 2.75) is 13.0 Å². The summed E-state index contributed by atoms with van der Waals surface area (Å²) in [6.07, 6.45) is 3.41. The second-order valence-electron chi connectivity index (χ2n) is 6.47. The topological polar surface area (TPSA) is 72.7 Å². The molecule has 1 N–H and O–H groups in total. The van der Waals surface area contributed by atoms with Crippen LogP contribution < -0.4 is 5.32 Å². The minimum Gasteiger partial charge on any atom is -0.338 e. The molecule has 2 aromatic carbocycles. The maximum Gasteiger partial charge on any atom is 0.291 e. The van der Waals surface area contributed by atoms with Gasteiger partial charge in [0.15, 0.2) is 0 Å². The van der Waals surface area contributed by atoms with Crippen molar-refractivity contribution in [2.24, 2.45) is 0 Å². The van der Waals surface area contributed by atoms with Gasteiger partial charge in [-0.3, -0.25) is 9.78 Å². The van der Waals surface area contributed by atoms with Crippen LogP contribution in [-0.2, 0) is 0 Å². The molecular formula is C22H18ClN5O. The molecule has 0 aliphatic rings. The largest absolute Gasteiger partial charge is 0.338 e. The first-order chi connectivity index (χ1) is 14.1. The molecule has 0 spiro atoms. The molecule has 0 aliphatic carbocycles. The van der Waals surface area contributed by atoms with Crippen molar-refractivity contribution in [1.29, 1.82) is 0 Å². The zero-order valence-electron chi connectivity index (χ0n) is 15.7. The summed E-state index contributed by atoms with van der Waals surface area (Å²) in [5.74, 6) is 0.358. The molecule has 0 saturated heterocycles. The Morgan fingerprint density at radius 1 is 0.966 bits per heavy atom. The molecule has 1 unspecified atom stereocenters. The van der Waals surface area contributed by atoms with Crippen LogP contribution in [0.1, 0.15) is 33.6 Å². The Hall–Kier alpha value is -3.51. The van der Waals surface area contributed by atoms with E-state index >= 15 is 0 Å². The summed E-state index contributed by atoms with van der Waals surface area (Å²) in [5.41, 5.74) is 2.67. The molecule has 0 radical (unpaired) electrons. The Bertz CT molecular complexity index is 1070. The summed E-state index contributed by atoms with van der Waals surface area (Å²) in [6.45, 7) is 1.80. The lowest BCUT2D eigenvalue weighted by Crippen LogP contribution is -2.30. The van der Waals surface area contributed by atoms with Gasteiger partial charge in [0.1, 0.15) is 5.82 Å². The van der Waals surface area contributed by atoms with Crippen LogP contribution in [0.15, 0.2) is 79.1 Å². The molecule has 144 valence electrons. The Labute approximate surface area is 173 Å². The number of carbonyl (C=O) groups is 1. The highest BCUT2D eigenvalue weighted by Crippen LogP contribution is 2.22. The first kappa shape index (κ1) is 18.8. The van der Waals surface area contributed by atoms with Crippen molar-refractivity contribution >= 4 is 17.5 Å². The molecule has 7 heteroatoms. The van der Waals surface area contributed by atoms with Gasteiger partial charge in [-0.25, -0.2) is 9.67 Å². The minimum absolute atomic E-state index is 0.104. The van der Waals surface area contributed by atoms with Gasteiger partial charge in [0.25, 0.3) is 5.91 Å². The van der Waals surface area contributed by atoms with Gasteiger partial charge in [-0.05, 0) is 54.4 Å². The lowest BCUT2D eigenvalue weighted by molar-refractivity contribution is 0.0932. The number of hydrogen-bond donors (Lipinski definition) is 1. The van der Waals surface area contributed by atoms with E-state index in [1.54, 1.807) is 36.1 Å². The second kappa shape index (κ2) is 8.24. The molecule has 4 rings (SSSR count). The predicted molar refractivity (Wildman–Crippen MR) is 111 cm³/mol. The van der Waals surface area contributed by atoms with Crippen LogP contribution in [0, 0.1) is 6.92 Å². The maximum absolute atomic E-state index is 13.0. The van der Waals surface area contributed by atoms with E-state index in [1.807, 2.05) is 54.6 Å². The highest BCUT2D eigenvalue weighted by molar-refractivity contribution is 6.30. The average molecular weight is 404 g/mol. The maximum atomic E-state index is 13.0. The fourth-order valence-corrected chi connectivity index (χ4v) is 3.20. The van der Waals surface area contributed by atoms with E-state index in [2.05, 4.69) is 20.4 Å². The molecule has 0 bridgehead atoms. The number of benzene rings is 2. The van der Waals surface area contributed by atoms with Crippen LogP contribution in [0.4, 0.5) is 0 Å². The van der Waals surface area contributed by atoms with Gasteiger partial charge in [-0.1, -0.05) is 41.9 Å². The molecule has 2 aromatic heterocycles. The van der Waals surface area contributed by atoms with Crippen LogP contribution in [0.3, 0.4) is 0 Å². The fourth-order valence-electron chi connectivity index (χ4n) is 3.07. The fraction of sp³-hybridized carbons (Fsp3) is 0.0909. The van der Waals surface area contributed by atoms with Gasteiger partial charge in [0.2, 0.25) is 5.82 Å². The number of halogens is 1. The highest BCUT2D eigenvalue weighted by atomic mass is 35.5. The summed E-state index contributed by atoms with van der Waals surface area (Å²) < 4.78 is 1.62. The number of nitrogens with one attached hydrogen (secondary N) is 1. The SMILES string of the molecule is Cc1nc(C(=O)NC(c2ccccc2)c2ccncc2)nn1-c1ccc(Cl)cc1. The molecule has 0 aliphatic heterocycles. The first-order valence-electron chi connectivity index (χ1n) is 9.07. The number of aromatic nitrogens is 4. The number of carbonyl (C=O) groups excluding carboxylic acids is 1. The van der Waals surface area contributed by atoms with Crippen molar-refractivity contribution in [3.05, 3.63) is 107 Å². The van der Waals surface area contributed by atoms with E-state index in [1.165, 1.54) is 0 Å². The number of rotatable bonds is 5. The van der Waals surface area contributed by atoms with Crippen LogP contribution in [-0.4, -0.2) is 25.7 Å². The predicted octanol–water partition coefficient (Wildman–Crippen LogP) is 4.14. The average Bonchev–Trinajstić information content (AvgIpc) is 3.15. The number of pyridine rings is 1. The molecular weight excluding hydrogens is 386 g/mol. The third kappa shape index (κ3) is 4.17. The number of aryl methyl sites for hydroxylation is 1. The van der Waals surface area contributed by atoms with Gasteiger partial charge >= 0.3 is 0 Å². The third-order valence-electron chi connectivity index (χ3n) is 4.49. The summed E-state index contributed by atoms with van der Waals surface area (Å²) in [6, 6.07) is 20.4. The van der Waals surface area contributed by atoms with Gasteiger partial charge in [0, 0.05) is 17.4 Å². The van der Waals surface area contributed by atoms with Crippen LogP contribution >= 0.6 is 11.6 Å². The normalized spacial score (nSPS) is 11.8. The van der Waals surface area contributed by atoms with Gasteiger partial charge in [0.05, 0.1) is 11.7 Å².